The summed E-state index contributed by atoms with van der Waals surface area (Å²) in [4.78, 5) is 12.8. The van der Waals surface area contributed by atoms with E-state index >= 15 is 0 Å². The zero-order valence-electron chi connectivity index (χ0n) is 14.0. The minimum atomic E-state index is -0.184. The van der Waals surface area contributed by atoms with Gasteiger partial charge in [0.2, 0.25) is 11.2 Å². The summed E-state index contributed by atoms with van der Waals surface area (Å²) in [6, 6.07) is 21.3. The van der Waals surface area contributed by atoms with Crippen LogP contribution in [0.15, 0.2) is 75.9 Å². The number of benzene rings is 3. The fourth-order valence-corrected chi connectivity index (χ4v) is 3.17. The van der Waals surface area contributed by atoms with Crippen LogP contribution in [0.2, 0.25) is 0 Å². The molecular weight excluding hydrogens is 328 g/mol. The predicted molar refractivity (Wildman–Crippen MR) is 99.8 cm³/mol. The molecule has 2 aliphatic heterocycles. The van der Waals surface area contributed by atoms with Crippen LogP contribution >= 0.6 is 0 Å². The van der Waals surface area contributed by atoms with Crippen molar-refractivity contribution in [2.75, 3.05) is 13.2 Å². The second-order valence-corrected chi connectivity index (χ2v) is 6.41. The Morgan fingerprint density at radius 3 is 2.54 bits per heavy atom. The molecule has 0 bridgehead atoms. The molecule has 0 amide bonds. The molecule has 3 aliphatic rings. The Kier molecular flexibility index (Phi) is 3.50. The first kappa shape index (κ1) is 15.2. The molecule has 1 aliphatic carbocycles. The van der Waals surface area contributed by atoms with E-state index in [0.717, 1.165) is 27.7 Å². The largest absolute Gasteiger partial charge is 0.483 e. The van der Waals surface area contributed by atoms with E-state index in [-0.39, 0.29) is 17.3 Å². The van der Waals surface area contributed by atoms with Crippen molar-refractivity contribution >= 4 is 11.0 Å². The van der Waals surface area contributed by atoms with Crippen LogP contribution in [-0.2, 0) is 4.74 Å². The van der Waals surface area contributed by atoms with Crippen LogP contribution in [0.4, 0.5) is 0 Å². The van der Waals surface area contributed by atoms with Gasteiger partial charge in [0.25, 0.3) is 0 Å². The van der Waals surface area contributed by atoms with Gasteiger partial charge in [-0.25, -0.2) is 0 Å². The molecule has 0 radical (unpaired) electrons. The summed E-state index contributed by atoms with van der Waals surface area (Å²) < 4.78 is 17.1. The molecule has 26 heavy (non-hydrogen) atoms. The second kappa shape index (κ2) is 6.00. The number of epoxide rings is 1. The Morgan fingerprint density at radius 1 is 0.962 bits per heavy atom. The molecule has 0 N–H and O–H groups in total. The van der Waals surface area contributed by atoms with Gasteiger partial charge in [-0.15, -0.1) is 0 Å². The number of para-hydroxylation sites is 1. The summed E-state index contributed by atoms with van der Waals surface area (Å²) in [6.07, 6.45) is 0.0682. The van der Waals surface area contributed by atoms with Crippen molar-refractivity contribution < 1.29 is 13.9 Å². The Hall–Kier alpha value is -3.11. The van der Waals surface area contributed by atoms with E-state index in [4.69, 9.17) is 13.9 Å². The molecule has 4 nitrogen and oxygen atoms in total. The van der Waals surface area contributed by atoms with E-state index in [1.807, 2.05) is 54.6 Å². The Bertz CT molecular complexity index is 1110. The predicted octanol–water partition coefficient (Wildman–Crippen LogP) is 4.34. The Labute approximate surface area is 149 Å². The van der Waals surface area contributed by atoms with Crippen LogP contribution < -0.4 is 10.2 Å². The lowest BCUT2D eigenvalue weighted by Gasteiger charge is -2.16. The third-order valence-corrected chi connectivity index (χ3v) is 4.57. The monoisotopic (exact) mass is 344 g/mol. The molecule has 128 valence electrons. The average Bonchev–Trinajstić information content (AvgIpc) is 3.50. The third kappa shape index (κ3) is 2.65. The number of ether oxygens (including phenoxy) is 2. The highest BCUT2D eigenvalue weighted by molar-refractivity contribution is 5.91. The van der Waals surface area contributed by atoms with Gasteiger partial charge in [-0.3, -0.25) is 4.79 Å². The molecular formula is C22H16O4. The van der Waals surface area contributed by atoms with Crippen molar-refractivity contribution in [3.8, 4) is 28.2 Å². The summed E-state index contributed by atoms with van der Waals surface area (Å²) in [5, 5.41) is 0.979. The first-order valence-electron chi connectivity index (χ1n) is 8.59. The summed E-state index contributed by atoms with van der Waals surface area (Å²) in [6.45, 7) is 1.03. The SMILES string of the molecule is O=c1cc(-c2ccccc2)c2cc3ccccc3oc-2c1OCC1CO1. The summed E-state index contributed by atoms with van der Waals surface area (Å²) in [5.41, 5.74) is 3.21. The van der Waals surface area contributed by atoms with Gasteiger partial charge in [-0.05, 0) is 29.3 Å². The van der Waals surface area contributed by atoms with E-state index < -0.39 is 0 Å². The van der Waals surface area contributed by atoms with Crippen molar-refractivity contribution in [3.63, 3.8) is 0 Å². The highest BCUT2D eigenvalue weighted by Crippen LogP contribution is 2.40. The van der Waals surface area contributed by atoms with Crippen LogP contribution in [0.5, 0.6) is 5.75 Å². The zero-order valence-corrected chi connectivity index (χ0v) is 14.0. The normalized spacial score (nSPS) is 16.1. The summed E-state index contributed by atoms with van der Waals surface area (Å²) in [7, 11) is 0. The van der Waals surface area contributed by atoms with Gasteiger partial charge in [0, 0.05) is 10.9 Å². The first-order chi connectivity index (χ1) is 12.8. The molecule has 2 heterocycles. The molecule has 1 atom stereocenters. The molecule has 1 saturated heterocycles. The van der Waals surface area contributed by atoms with Gasteiger partial charge in [0.1, 0.15) is 18.3 Å². The number of fused-ring (bicyclic) bond motifs is 2. The number of rotatable bonds is 4. The lowest BCUT2D eigenvalue weighted by atomic mass is 9.95. The molecule has 0 spiro atoms. The fraction of sp³-hybridized carbons (Fsp3) is 0.136. The lowest BCUT2D eigenvalue weighted by molar-refractivity contribution is 0.258. The Balaban J connectivity index is 1.78. The highest BCUT2D eigenvalue weighted by Gasteiger charge is 2.27. The quantitative estimate of drug-likeness (QED) is 0.408. The standard InChI is InChI=1S/C22H16O4/c23-19-11-17(14-6-2-1-3-7-14)18-10-15-8-4-5-9-20(15)26-21(18)22(19)25-13-16-12-24-16/h1-11,16H,12-13H2. The minimum Gasteiger partial charge on any atom is -0.483 e. The van der Waals surface area contributed by atoms with Gasteiger partial charge in [-0.2, -0.15) is 0 Å². The molecule has 2 aromatic carbocycles. The molecule has 2 aromatic rings. The topological polar surface area (TPSA) is 52.0 Å². The molecule has 1 unspecified atom stereocenters. The van der Waals surface area contributed by atoms with E-state index in [1.165, 1.54) is 0 Å². The van der Waals surface area contributed by atoms with Crippen LogP contribution in [0.3, 0.4) is 0 Å². The maximum absolute atomic E-state index is 12.8. The number of hydrogen-bond donors (Lipinski definition) is 0. The minimum absolute atomic E-state index is 0.0682. The van der Waals surface area contributed by atoms with Gasteiger partial charge >= 0.3 is 0 Å². The van der Waals surface area contributed by atoms with Gasteiger partial charge in [0.15, 0.2) is 5.76 Å². The molecule has 1 fully saturated rings. The van der Waals surface area contributed by atoms with Crippen molar-refractivity contribution in [2.45, 2.75) is 6.10 Å². The fourth-order valence-electron chi connectivity index (χ4n) is 3.17. The van der Waals surface area contributed by atoms with E-state index in [0.29, 0.717) is 19.0 Å². The molecule has 0 saturated carbocycles. The van der Waals surface area contributed by atoms with Gasteiger partial charge < -0.3 is 13.9 Å². The van der Waals surface area contributed by atoms with Crippen LogP contribution in [0.1, 0.15) is 0 Å². The van der Waals surface area contributed by atoms with Crippen LogP contribution in [-0.4, -0.2) is 19.3 Å². The van der Waals surface area contributed by atoms with E-state index in [1.54, 1.807) is 6.07 Å². The highest BCUT2D eigenvalue weighted by atomic mass is 16.6. The average molecular weight is 344 g/mol. The zero-order chi connectivity index (χ0) is 17.5. The smallest absolute Gasteiger partial charge is 0.224 e. The maximum atomic E-state index is 12.8. The molecule has 4 heteroatoms. The summed E-state index contributed by atoms with van der Waals surface area (Å²) >= 11 is 0. The van der Waals surface area contributed by atoms with Gasteiger partial charge in [-0.1, -0.05) is 48.5 Å². The van der Waals surface area contributed by atoms with E-state index in [2.05, 4.69) is 6.07 Å². The Morgan fingerprint density at radius 2 is 1.73 bits per heavy atom. The van der Waals surface area contributed by atoms with E-state index in [9.17, 15) is 4.79 Å². The maximum Gasteiger partial charge on any atom is 0.224 e. The van der Waals surface area contributed by atoms with Crippen molar-refractivity contribution in [1.82, 2.24) is 0 Å². The molecule has 5 rings (SSSR count). The molecule has 0 aromatic heterocycles. The number of hydrogen-bond acceptors (Lipinski definition) is 4. The van der Waals surface area contributed by atoms with Crippen LogP contribution in [0, 0.1) is 0 Å². The lowest BCUT2D eigenvalue weighted by Crippen LogP contribution is -2.14. The summed E-state index contributed by atoms with van der Waals surface area (Å²) in [5.74, 6) is 0.733. The first-order valence-corrected chi connectivity index (χ1v) is 8.59. The third-order valence-electron chi connectivity index (χ3n) is 4.57. The van der Waals surface area contributed by atoms with Crippen LogP contribution in [0.25, 0.3) is 33.4 Å². The van der Waals surface area contributed by atoms with Crippen molar-refractivity contribution in [3.05, 3.63) is 77.0 Å². The second-order valence-electron chi connectivity index (χ2n) is 6.41. The van der Waals surface area contributed by atoms with Crippen molar-refractivity contribution in [1.29, 1.82) is 0 Å². The van der Waals surface area contributed by atoms with Crippen molar-refractivity contribution in [2.24, 2.45) is 0 Å². The van der Waals surface area contributed by atoms with Gasteiger partial charge in [0.05, 0.1) is 6.61 Å².